The van der Waals surface area contributed by atoms with E-state index in [-0.39, 0.29) is 5.41 Å². The van der Waals surface area contributed by atoms with E-state index in [2.05, 4.69) is 46.8 Å². The molecule has 0 saturated heterocycles. The van der Waals surface area contributed by atoms with E-state index in [9.17, 15) is 0 Å². The number of rotatable bonds is 3. The predicted molar refractivity (Wildman–Crippen MR) is 65.8 cm³/mol. The minimum absolute atomic E-state index is 0.252. The maximum absolute atomic E-state index is 5.38. The molecule has 1 rings (SSSR count). The molecule has 1 aromatic rings. The van der Waals surface area contributed by atoms with E-state index in [1.807, 2.05) is 0 Å². The minimum atomic E-state index is 0.252. The largest absolute Gasteiger partial charge is 0.496 e. The van der Waals surface area contributed by atoms with Gasteiger partial charge in [0, 0.05) is 0 Å². The van der Waals surface area contributed by atoms with E-state index < -0.39 is 0 Å². The molecule has 0 aliphatic carbocycles. The molecule has 0 atom stereocenters. The Bertz CT molecular complexity index is 327. The van der Waals surface area contributed by atoms with Gasteiger partial charge < -0.3 is 4.74 Å². The van der Waals surface area contributed by atoms with Crippen LogP contribution in [0.1, 0.15) is 43.9 Å². The Balaban J connectivity index is 3.26. The second kappa shape index (κ2) is 4.26. The summed E-state index contributed by atoms with van der Waals surface area (Å²) in [5, 5.41) is 0. The molecule has 15 heavy (non-hydrogen) atoms. The Morgan fingerprint density at radius 2 is 1.60 bits per heavy atom. The highest BCUT2D eigenvalue weighted by Gasteiger charge is 2.19. The van der Waals surface area contributed by atoms with Crippen LogP contribution in [-0.2, 0) is 5.41 Å². The van der Waals surface area contributed by atoms with Crippen molar-refractivity contribution in [1.29, 1.82) is 0 Å². The summed E-state index contributed by atoms with van der Waals surface area (Å²) in [5.41, 5.74) is 4.12. The van der Waals surface area contributed by atoms with Crippen LogP contribution in [0.25, 0.3) is 0 Å². The molecule has 0 aliphatic heterocycles. The second-order valence-corrected chi connectivity index (χ2v) is 4.88. The van der Waals surface area contributed by atoms with Crippen LogP contribution in [0.4, 0.5) is 0 Å². The quantitative estimate of drug-likeness (QED) is 0.726. The predicted octanol–water partition coefficient (Wildman–Crippen LogP) is 4.00. The van der Waals surface area contributed by atoms with Crippen molar-refractivity contribution in [2.45, 2.75) is 46.5 Å². The summed E-state index contributed by atoms with van der Waals surface area (Å²) < 4.78 is 5.38. The van der Waals surface area contributed by atoms with Gasteiger partial charge in [-0.25, -0.2) is 0 Å². The highest BCUT2D eigenvalue weighted by Crippen LogP contribution is 2.32. The van der Waals surface area contributed by atoms with E-state index in [0.29, 0.717) is 0 Å². The molecule has 0 saturated carbocycles. The van der Waals surface area contributed by atoms with Crippen molar-refractivity contribution in [3.63, 3.8) is 0 Å². The minimum Gasteiger partial charge on any atom is -0.496 e. The first-order valence-electron chi connectivity index (χ1n) is 5.58. The SMILES string of the molecule is CCC(C)(C)c1cc(C)c(OC)c(C)c1. The van der Waals surface area contributed by atoms with Crippen LogP contribution < -0.4 is 4.74 Å². The summed E-state index contributed by atoms with van der Waals surface area (Å²) in [4.78, 5) is 0. The van der Waals surface area contributed by atoms with Gasteiger partial charge in [0.15, 0.2) is 0 Å². The Morgan fingerprint density at radius 3 is 1.93 bits per heavy atom. The van der Waals surface area contributed by atoms with E-state index in [1.54, 1.807) is 7.11 Å². The van der Waals surface area contributed by atoms with Crippen LogP contribution in [0.2, 0.25) is 0 Å². The van der Waals surface area contributed by atoms with Gasteiger partial charge >= 0.3 is 0 Å². The molecule has 84 valence electrons. The van der Waals surface area contributed by atoms with E-state index in [0.717, 1.165) is 12.2 Å². The lowest BCUT2D eigenvalue weighted by Gasteiger charge is -2.25. The molecule has 0 N–H and O–H groups in total. The topological polar surface area (TPSA) is 9.23 Å². The molecule has 1 heteroatoms. The Hall–Kier alpha value is -0.980. The third kappa shape index (κ3) is 2.34. The van der Waals surface area contributed by atoms with Gasteiger partial charge in [-0.3, -0.25) is 0 Å². The van der Waals surface area contributed by atoms with E-state index >= 15 is 0 Å². The normalized spacial score (nSPS) is 11.6. The number of benzene rings is 1. The summed E-state index contributed by atoms with van der Waals surface area (Å²) in [6.07, 6.45) is 1.15. The zero-order chi connectivity index (χ0) is 11.6. The molecule has 0 spiro atoms. The fourth-order valence-electron chi connectivity index (χ4n) is 1.87. The van der Waals surface area contributed by atoms with Crippen molar-refractivity contribution in [3.05, 3.63) is 28.8 Å². The lowest BCUT2D eigenvalue weighted by atomic mass is 9.81. The molecule has 0 amide bonds. The second-order valence-electron chi connectivity index (χ2n) is 4.88. The molecule has 0 unspecified atom stereocenters. The van der Waals surface area contributed by atoms with Crippen molar-refractivity contribution < 1.29 is 4.74 Å². The van der Waals surface area contributed by atoms with E-state index in [1.165, 1.54) is 16.7 Å². The van der Waals surface area contributed by atoms with Crippen molar-refractivity contribution in [3.8, 4) is 5.75 Å². The summed E-state index contributed by atoms with van der Waals surface area (Å²) in [6.45, 7) is 11.0. The average Bonchev–Trinajstić information content (AvgIpc) is 2.17. The van der Waals surface area contributed by atoms with Gasteiger partial charge in [-0.2, -0.15) is 0 Å². The third-order valence-electron chi connectivity index (χ3n) is 3.33. The Morgan fingerprint density at radius 1 is 1.13 bits per heavy atom. The Labute approximate surface area is 93.5 Å². The fraction of sp³-hybridized carbons (Fsp3) is 0.571. The van der Waals surface area contributed by atoms with Crippen LogP contribution >= 0.6 is 0 Å². The molecule has 0 heterocycles. The molecule has 0 radical (unpaired) electrons. The lowest BCUT2D eigenvalue weighted by molar-refractivity contribution is 0.407. The smallest absolute Gasteiger partial charge is 0.124 e. The van der Waals surface area contributed by atoms with Crippen LogP contribution in [-0.4, -0.2) is 7.11 Å². The van der Waals surface area contributed by atoms with Crippen molar-refractivity contribution >= 4 is 0 Å². The van der Waals surface area contributed by atoms with Gasteiger partial charge in [-0.15, -0.1) is 0 Å². The summed E-state index contributed by atoms with van der Waals surface area (Å²) in [7, 11) is 1.74. The fourth-order valence-corrected chi connectivity index (χ4v) is 1.87. The third-order valence-corrected chi connectivity index (χ3v) is 3.33. The first kappa shape index (κ1) is 12.1. The van der Waals surface area contributed by atoms with Crippen molar-refractivity contribution in [2.75, 3.05) is 7.11 Å². The highest BCUT2D eigenvalue weighted by atomic mass is 16.5. The highest BCUT2D eigenvalue weighted by molar-refractivity contribution is 5.45. The van der Waals surface area contributed by atoms with Crippen LogP contribution in [0.3, 0.4) is 0 Å². The molecular formula is C14H22O. The van der Waals surface area contributed by atoms with Crippen molar-refractivity contribution in [2.24, 2.45) is 0 Å². The summed E-state index contributed by atoms with van der Waals surface area (Å²) in [5.74, 6) is 1.02. The molecule has 0 aliphatic rings. The van der Waals surface area contributed by atoms with Crippen molar-refractivity contribution in [1.82, 2.24) is 0 Å². The molecular weight excluding hydrogens is 184 g/mol. The first-order valence-corrected chi connectivity index (χ1v) is 5.58. The zero-order valence-corrected chi connectivity index (χ0v) is 10.8. The number of aryl methyl sites for hydroxylation is 2. The summed E-state index contributed by atoms with van der Waals surface area (Å²) >= 11 is 0. The molecule has 1 aromatic carbocycles. The van der Waals surface area contributed by atoms with Crippen LogP contribution in [0.5, 0.6) is 5.75 Å². The molecule has 1 nitrogen and oxygen atoms in total. The van der Waals surface area contributed by atoms with Gasteiger partial charge in [0.1, 0.15) is 5.75 Å². The number of ether oxygens (including phenoxy) is 1. The monoisotopic (exact) mass is 206 g/mol. The van der Waals surface area contributed by atoms with Gasteiger partial charge in [0.25, 0.3) is 0 Å². The van der Waals surface area contributed by atoms with Crippen LogP contribution in [0.15, 0.2) is 12.1 Å². The maximum atomic E-state index is 5.38. The number of hydrogen-bond acceptors (Lipinski definition) is 1. The molecule has 0 bridgehead atoms. The Kier molecular flexibility index (Phi) is 3.43. The number of hydrogen-bond donors (Lipinski definition) is 0. The molecule has 0 aromatic heterocycles. The standard InChI is InChI=1S/C14H22O/c1-7-14(4,5)12-8-10(2)13(15-6)11(3)9-12/h8-9H,7H2,1-6H3. The zero-order valence-electron chi connectivity index (χ0n) is 10.8. The van der Waals surface area contributed by atoms with Crippen LogP contribution in [0, 0.1) is 13.8 Å². The van der Waals surface area contributed by atoms with Gasteiger partial charge in [-0.05, 0) is 42.4 Å². The first-order chi connectivity index (χ1) is 6.92. The average molecular weight is 206 g/mol. The van der Waals surface area contributed by atoms with Gasteiger partial charge in [0.2, 0.25) is 0 Å². The number of methoxy groups -OCH3 is 1. The summed E-state index contributed by atoms with van der Waals surface area (Å²) in [6, 6.07) is 4.49. The van der Waals surface area contributed by atoms with Gasteiger partial charge in [-0.1, -0.05) is 32.9 Å². The lowest BCUT2D eigenvalue weighted by Crippen LogP contribution is -2.16. The van der Waals surface area contributed by atoms with E-state index in [4.69, 9.17) is 4.74 Å². The maximum Gasteiger partial charge on any atom is 0.124 e. The molecule has 0 fully saturated rings. The van der Waals surface area contributed by atoms with Gasteiger partial charge in [0.05, 0.1) is 7.11 Å².